The van der Waals surface area contributed by atoms with E-state index in [1.54, 1.807) is 29.2 Å². The van der Waals surface area contributed by atoms with Crippen LogP contribution in [-0.2, 0) is 0 Å². The number of amides is 1. The van der Waals surface area contributed by atoms with E-state index in [4.69, 9.17) is 16.3 Å². The smallest absolute Gasteiger partial charge is 0.264 e. The molecule has 0 atom stereocenters. The van der Waals surface area contributed by atoms with E-state index in [0.29, 0.717) is 60.1 Å². The zero-order chi connectivity index (χ0) is 24.0. The van der Waals surface area contributed by atoms with Crippen molar-refractivity contribution in [2.45, 2.75) is 38.7 Å². The molecule has 34 heavy (non-hydrogen) atoms. The van der Waals surface area contributed by atoms with E-state index in [2.05, 4.69) is 9.97 Å². The molecule has 2 aliphatic heterocycles. The summed E-state index contributed by atoms with van der Waals surface area (Å²) in [5.41, 5.74) is 2.26. The van der Waals surface area contributed by atoms with Crippen molar-refractivity contribution < 1.29 is 14.3 Å². The van der Waals surface area contributed by atoms with Gasteiger partial charge in [-0.2, -0.15) is 0 Å². The van der Waals surface area contributed by atoms with Crippen LogP contribution in [-0.4, -0.2) is 45.2 Å². The number of likely N-dealkylation sites (tertiary alicyclic amines) is 1. The van der Waals surface area contributed by atoms with Crippen LogP contribution >= 0.6 is 11.6 Å². The van der Waals surface area contributed by atoms with Crippen molar-refractivity contribution in [1.82, 2.24) is 14.9 Å². The van der Waals surface area contributed by atoms with E-state index in [9.17, 15) is 14.4 Å². The Balaban J connectivity index is 1.32. The SMILES string of the molecule is Cc1ccc2c(c1C)OC1(CCN(C(=O)c3cnc(-c4ccc(Cl)cc4)[nH]c3=O)CC1)CC2=O. The largest absolute Gasteiger partial charge is 0.486 e. The molecule has 0 unspecified atom stereocenters. The minimum atomic E-state index is -0.622. The summed E-state index contributed by atoms with van der Waals surface area (Å²) in [5.74, 6) is 0.729. The van der Waals surface area contributed by atoms with Crippen LogP contribution in [0.2, 0.25) is 5.02 Å². The number of nitrogens with zero attached hydrogens (tertiary/aromatic N) is 2. The Morgan fingerprint density at radius 3 is 2.47 bits per heavy atom. The maximum absolute atomic E-state index is 13.1. The van der Waals surface area contributed by atoms with Crippen LogP contribution < -0.4 is 10.3 Å². The molecule has 174 valence electrons. The van der Waals surface area contributed by atoms with E-state index >= 15 is 0 Å². The molecule has 1 saturated heterocycles. The quantitative estimate of drug-likeness (QED) is 0.592. The first kappa shape index (κ1) is 22.3. The number of benzene rings is 2. The average molecular weight is 478 g/mol. The monoisotopic (exact) mass is 477 g/mol. The number of carbonyl (C=O) groups excluding carboxylic acids is 2. The van der Waals surface area contributed by atoms with Gasteiger partial charge in [0.1, 0.15) is 22.7 Å². The molecule has 1 aromatic heterocycles. The number of piperidine rings is 1. The molecule has 8 heteroatoms. The van der Waals surface area contributed by atoms with Gasteiger partial charge in [-0.1, -0.05) is 17.7 Å². The molecule has 3 aromatic rings. The van der Waals surface area contributed by atoms with Crippen molar-refractivity contribution in [3.8, 4) is 17.1 Å². The first-order chi connectivity index (χ1) is 16.3. The lowest BCUT2D eigenvalue weighted by molar-refractivity contribution is -0.00624. The average Bonchev–Trinajstić information content (AvgIpc) is 2.82. The van der Waals surface area contributed by atoms with Gasteiger partial charge in [0.25, 0.3) is 11.5 Å². The summed E-state index contributed by atoms with van der Waals surface area (Å²) in [4.78, 5) is 47.2. The molecule has 2 aliphatic rings. The fourth-order valence-corrected chi connectivity index (χ4v) is 4.78. The Bertz CT molecular complexity index is 1360. The van der Waals surface area contributed by atoms with Gasteiger partial charge >= 0.3 is 0 Å². The molecular weight excluding hydrogens is 454 g/mol. The van der Waals surface area contributed by atoms with Gasteiger partial charge in [0, 0.05) is 42.7 Å². The minimum Gasteiger partial charge on any atom is -0.486 e. The van der Waals surface area contributed by atoms with Crippen LogP contribution in [0.15, 0.2) is 47.4 Å². The number of ketones is 1. The van der Waals surface area contributed by atoms with Gasteiger partial charge in [-0.25, -0.2) is 4.98 Å². The molecule has 7 nitrogen and oxygen atoms in total. The highest BCUT2D eigenvalue weighted by molar-refractivity contribution is 6.30. The van der Waals surface area contributed by atoms with Gasteiger partial charge in [0.2, 0.25) is 0 Å². The molecule has 0 radical (unpaired) electrons. The number of Topliss-reactive ketones (excluding diaryl/α,β-unsaturated/α-hetero) is 1. The molecule has 0 aliphatic carbocycles. The zero-order valence-corrected chi connectivity index (χ0v) is 19.7. The molecule has 1 N–H and O–H groups in total. The molecule has 1 fully saturated rings. The Morgan fingerprint density at radius 2 is 1.79 bits per heavy atom. The minimum absolute atomic E-state index is 0.00822. The standard InChI is InChI=1S/C26H24ClN3O4/c1-15-3-8-19-21(31)13-26(34-22(19)16(15)2)9-11-30(12-10-26)25(33)20-14-28-23(29-24(20)32)17-4-6-18(27)7-5-17/h3-8,14H,9-13H2,1-2H3,(H,28,29,32). The van der Waals surface area contributed by atoms with Gasteiger partial charge in [-0.3, -0.25) is 14.4 Å². The molecule has 2 aromatic carbocycles. The second-order valence-corrected chi connectivity index (χ2v) is 9.48. The van der Waals surface area contributed by atoms with Gasteiger partial charge in [-0.15, -0.1) is 0 Å². The highest BCUT2D eigenvalue weighted by Crippen LogP contribution is 2.41. The molecule has 3 heterocycles. The van der Waals surface area contributed by atoms with Crippen LogP contribution in [0.1, 0.15) is 51.1 Å². The summed E-state index contributed by atoms with van der Waals surface area (Å²) in [6.45, 7) is 4.75. The second-order valence-electron chi connectivity index (χ2n) is 9.04. The van der Waals surface area contributed by atoms with Crippen LogP contribution in [0.4, 0.5) is 0 Å². The maximum atomic E-state index is 13.1. The number of aromatic nitrogens is 2. The number of ether oxygens (including phenoxy) is 1. The lowest BCUT2D eigenvalue weighted by atomic mass is 9.81. The molecular formula is C26H24ClN3O4. The second kappa shape index (κ2) is 8.40. The Labute approximate surface area is 201 Å². The maximum Gasteiger partial charge on any atom is 0.264 e. The Kier molecular flexibility index (Phi) is 5.52. The summed E-state index contributed by atoms with van der Waals surface area (Å²) >= 11 is 5.91. The zero-order valence-electron chi connectivity index (χ0n) is 19.0. The lowest BCUT2D eigenvalue weighted by Gasteiger charge is -2.44. The van der Waals surface area contributed by atoms with Crippen molar-refractivity contribution in [3.63, 3.8) is 0 Å². The fraction of sp³-hybridized carbons (Fsp3) is 0.308. The third-order valence-electron chi connectivity index (χ3n) is 6.89. The Morgan fingerprint density at radius 1 is 1.09 bits per heavy atom. The number of nitrogens with one attached hydrogen (secondary N) is 1. The number of H-pyrrole nitrogens is 1. The van der Waals surface area contributed by atoms with Crippen LogP contribution in [0.5, 0.6) is 5.75 Å². The number of fused-ring (bicyclic) bond motifs is 1. The normalized spacial score (nSPS) is 16.8. The van der Waals surface area contributed by atoms with E-state index in [-0.39, 0.29) is 17.3 Å². The highest BCUT2D eigenvalue weighted by Gasteiger charge is 2.44. The van der Waals surface area contributed by atoms with Crippen molar-refractivity contribution in [2.24, 2.45) is 0 Å². The van der Waals surface area contributed by atoms with Crippen molar-refractivity contribution in [1.29, 1.82) is 0 Å². The summed E-state index contributed by atoms with van der Waals surface area (Å²) in [5, 5.41) is 0.582. The van der Waals surface area contributed by atoms with E-state index < -0.39 is 11.2 Å². The first-order valence-electron chi connectivity index (χ1n) is 11.2. The molecule has 0 saturated carbocycles. The molecule has 1 amide bonds. The van der Waals surface area contributed by atoms with Crippen LogP contribution in [0.25, 0.3) is 11.4 Å². The van der Waals surface area contributed by atoms with Gasteiger partial charge in [0.15, 0.2) is 5.78 Å². The van der Waals surface area contributed by atoms with Crippen LogP contribution in [0, 0.1) is 13.8 Å². The first-order valence-corrected chi connectivity index (χ1v) is 11.6. The number of aryl methyl sites for hydroxylation is 1. The van der Waals surface area contributed by atoms with Crippen molar-refractivity contribution >= 4 is 23.3 Å². The number of carbonyl (C=O) groups is 2. The summed E-state index contributed by atoms with van der Waals surface area (Å²) < 4.78 is 6.42. The third kappa shape index (κ3) is 3.90. The molecule has 1 spiro atoms. The summed E-state index contributed by atoms with van der Waals surface area (Å²) in [6.07, 6.45) is 2.65. The van der Waals surface area contributed by atoms with Crippen LogP contribution in [0.3, 0.4) is 0 Å². The highest BCUT2D eigenvalue weighted by atomic mass is 35.5. The topological polar surface area (TPSA) is 92.4 Å². The number of halogens is 1. The Hall–Kier alpha value is -3.45. The van der Waals surface area contributed by atoms with E-state index in [1.807, 2.05) is 26.0 Å². The summed E-state index contributed by atoms with van der Waals surface area (Å²) in [7, 11) is 0. The van der Waals surface area contributed by atoms with Gasteiger partial charge < -0.3 is 14.6 Å². The predicted octanol–water partition coefficient (Wildman–Crippen LogP) is 4.35. The number of aromatic amines is 1. The van der Waals surface area contributed by atoms with E-state index in [0.717, 1.165) is 11.1 Å². The van der Waals surface area contributed by atoms with Gasteiger partial charge in [-0.05, 0) is 55.3 Å². The lowest BCUT2D eigenvalue weighted by Crippen LogP contribution is -2.52. The number of rotatable bonds is 2. The van der Waals surface area contributed by atoms with Crippen molar-refractivity contribution in [3.05, 3.63) is 80.2 Å². The third-order valence-corrected chi connectivity index (χ3v) is 7.14. The predicted molar refractivity (Wildman–Crippen MR) is 129 cm³/mol. The van der Waals surface area contributed by atoms with E-state index in [1.165, 1.54) is 6.20 Å². The van der Waals surface area contributed by atoms with Crippen molar-refractivity contribution in [2.75, 3.05) is 13.1 Å². The fourth-order valence-electron chi connectivity index (χ4n) is 4.65. The molecule has 5 rings (SSSR count). The molecule has 0 bridgehead atoms. The summed E-state index contributed by atoms with van der Waals surface area (Å²) in [6, 6.07) is 10.7. The van der Waals surface area contributed by atoms with Gasteiger partial charge in [0.05, 0.1) is 12.0 Å². The number of hydrogen-bond donors (Lipinski definition) is 1. The number of hydrogen-bond acceptors (Lipinski definition) is 5.